The van der Waals surface area contributed by atoms with Gasteiger partial charge in [-0.15, -0.1) is 0 Å². The van der Waals surface area contributed by atoms with Crippen LogP contribution in [0.5, 0.6) is 0 Å². The Morgan fingerprint density at radius 3 is 2.32 bits per heavy atom. The number of rotatable bonds is 5. The summed E-state index contributed by atoms with van der Waals surface area (Å²) in [5.41, 5.74) is 1.87. The van der Waals surface area contributed by atoms with Crippen LogP contribution in [0.4, 0.5) is 5.69 Å². The molecule has 1 aromatic carbocycles. The van der Waals surface area contributed by atoms with Crippen LogP contribution in [0.2, 0.25) is 0 Å². The van der Waals surface area contributed by atoms with Gasteiger partial charge in [0.1, 0.15) is 11.3 Å². The van der Waals surface area contributed by atoms with Gasteiger partial charge < -0.3 is 4.74 Å². The first-order valence-electron chi connectivity index (χ1n) is 12.6. The van der Waals surface area contributed by atoms with E-state index < -0.39 is 17.8 Å². The van der Waals surface area contributed by atoms with E-state index in [0.29, 0.717) is 17.5 Å². The number of hydrogen-bond acceptors (Lipinski definition) is 5. The van der Waals surface area contributed by atoms with Crippen LogP contribution < -0.4 is 4.90 Å². The highest BCUT2D eigenvalue weighted by Crippen LogP contribution is 2.64. The second kappa shape index (κ2) is 7.27. The van der Waals surface area contributed by atoms with E-state index in [-0.39, 0.29) is 34.5 Å². The number of anilines is 1. The predicted molar refractivity (Wildman–Crippen MR) is 126 cm³/mol. The Labute approximate surface area is 199 Å². The van der Waals surface area contributed by atoms with Crippen molar-refractivity contribution in [3.8, 4) is 0 Å². The number of carbonyl (C=O) groups is 3. The van der Waals surface area contributed by atoms with Crippen LogP contribution in [0.25, 0.3) is 0 Å². The third kappa shape index (κ3) is 2.95. The number of ether oxygens (including phenoxy) is 1. The molecule has 4 bridgehead atoms. The van der Waals surface area contributed by atoms with Gasteiger partial charge in [-0.2, -0.15) is 5.10 Å². The molecule has 0 radical (unpaired) electrons. The molecule has 2 heterocycles. The molecule has 2 aromatic rings. The van der Waals surface area contributed by atoms with Crippen LogP contribution in [0.15, 0.2) is 24.3 Å². The molecule has 0 saturated heterocycles. The first kappa shape index (κ1) is 21.6. The molecule has 0 spiro atoms. The number of fused-ring (bicyclic) bond motifs is 1. The molecule has 4 fully saturated rings. The minimum Gasteiger partial charge on any atom is -0.461 e. The van der Waals surface area contributed by atoms with Gasteiger partial charge in [0.25, 0.3) is 11.8 Å². The van der Waals surface area contributed by atoms with E-state index in [1.807, 2.05) is 12.1 Å². The second-order valence-corrected chi connectivity index (χ2v) is 11.2. The fraction of sp³-hybridized carbons (Fsp3) is 0.556. The normalized spacial score (nSPS) is 31.3. The van der Waals surface area contributed by atoms with Crippen molar-refractivity contribution in [3.63, 3.8) is 0 Å². The Morgan fingerprint density at radius 1 is 1.06 bits per heavy atom. The molecule has 5 aliphatic rings. The minimum absolute atomic E-state index is 0.0243. The van der Waals surface area contributed by atoms with Gasteiger partial charge in [-0.25, -0.2) is 9.69 Å². The van der Waals surface area contributed by atoms with E-state index >= 15 is 0 Å². The fourth-order valence-electron chi connectivity index (χ4n) is 7.84. The molecule has 7 heteroatoms. The average molecular weight is 462 g/mol. The van der Waals surface area contributed by atoms with E-state index in [1.54, 1.807) is 23.7 Å². The number of carbonyl (C=O) groups excluding carboxylic acids is 3. The molecule has 178 valence electrons. The third-order valence-corrected chi connectivity index (χ3v) is 8.55. The number of benzene rings is 1. The summed E-state index contributed by atoms with van der Waals surface area (Å²) in [5.74, 6) is -0.329. The van der Waals surface area contributed by atoms with Gasteiger partial charge in [0, 0.05) is 0 Å². The lowest BCUT2D eigenvalue weighted by atomic mass is 9.47. The Kier molecular flexibility index (Phi) is 4.61. The molecule has 2 amide bonds. The molecule has 4 saturated carbocycles. The summed E-state index contributed by atoms with van der Waals surface area (Å²) >= 11 is 0. The first-order valence-corrected chi connectivity index (χ1v) is 12.6. The van der Waals surface area contributed by atoms with Crippen LogP contribution in [0.1, 0.15) is 96.2 Å². The highest BCUT2D eigenvalue weighted by atomic mass is 16.5. The summed E-state index contributed by atoms with van der Waals surface area (Å²) in [6.07, 6.45) is 7.34. The number of hydrogen-bond donors (Lipinski definition) is 0. The van der Waals surface area contributed by atoms with Crippen molar-refractivity contribution < 1.29 is 19.1 Å². The van der Waals surface area contributed by atoms with Crippen molar-refractivity contribution in [2.45, 2.75) is 71.3 Å². The quantitative estimate of drug-likeness (QED) is 0.475. The monoisotopic (exact) mass is 461 g/mol. The fourth-order valence-corrected chi connectivity index (χ4v) is 7.84. The van der Waals surface area contributed by atoms with Gasteiger partial charge in [0.15, 0.2) is 5.69 Å². The molecule has 0 N–H and O–H groups in total. The number of aryl methyl sites for hydroxylation is 1. The zero-order valence-corrected chi connectivity index (χ0v) is 20.1. The summed E-state index contributed by atoms with van der Waals surface area (Å²) in [6.45, 7) is 6.31. The minimum atomic E-state index is -0.641. The molecular formula is C27H31N3O4. The smallest absolute Gasteiger partial charge is 0.359 e. The molecule has 1 aromatic heterocycles. The zero-order valence-electron chi connectivity index (χ0n) is 20.1. The third-order valence-electron chi connectivity index (χ3n) is 8.55. The Bertz CT molecular complexity index is 1200. The van der Waals surface area contributed by atoms with Crippen molar-refractivity contribution in [3.05, 3.63) is 46.8 Å². The van der Waals surface area contributed by atoms with Crippen molar-refractivity contribution in [2.24, 2.45) is 17.3 Å². The topological polar surface area (TPSA) is 81.5 Å². The molecular weight excluding hydrogens is 430 g/mol. The standard InChI is InChI=1S/C27H31N3O4/c1-4-16-6-8-19(9-7-16)29-23(31)20-21(25(33)34-5-2)28-30(22(20)24(29)32)27-13-17-10-18(14-27)12-26(3,11-17)15-27/h6-9,17-18H,4-5,10-15H2,1-3H3. The molecule has 7 rings (SSSR count). The highest BCUT2D eigenvalue weighted by molar-refractivity contribution is 6.35. The lowest BCUT2D eigenvalue weighted by molar-refractivity contribution is -0.0978. The van der Waals surface area contributed by atoms with Crippen LogP contribution in [0, 0.1) is 17.3 Å². The highest BCUT2D eigenvalue weighted by Gasteiger charge is 2.59. The number of aromatic nitrogens is 2. The molecule has 1 aliphatic heterocycles. The largest absolute Gasteiger partial charge is 0.461 e. The van der Waals surface area contributed by atoms with E-state index in [4.69, 9.17) is 9.84 Å². The zero-order chi connectivity index (χ0) is 23.8. The van der Waals surface area contributed by atoms with Crippen LogP contribution >= 0.6 is 0 Å². The SMILES string of the molecule is CCOC(=O)c1nn(C23CC4CC(CC(C)(C4)C2)C3)c2c1C(=O)N(c1ccc(CC)cc1)C2=O. The lowest BCUT2D eigenvalue weighted by Crippen LogP contribution is -2.56. The number of imide groups is 1. The molecule has 2 unspecified atom stereocenters. The maximum atomic E-state index is 13.8. The first-order chi connectivity index (χ1) is 16.3. The van der Waals surface area contributed by atoms with Gasteiger partial charge in [-0.1, -0.05) is 26.0 Å². The maximum Gasteiger partial charge on any atom is 0.359 e. The van der Waals surface area contributed by atoms with E-state index in [1.165, 1.54) is 24.2 Å². The van der Waals surface area contributed by atoms with Gasteiger partial charge in [-0.3, -0.25) is 14.3 Å². The molecule has 2 atom stereocenters. The predicted octanol–water partition coefficient (Wildman–Crippen LogP) is 4.74. The van der Waals surface area contributed by atoms with Crippen LogP contribution in [-0.2, 0) is 16.7 Å². The summed E-state index contributed by atoms with van der Waals surface area (Å²) in [6, 6.07) is 7.46. The lowest BCUT2D eigenvalue weighted by Gasteiger charge is -2.61. The van der Waals surface area contributed by atoms with Gasteiger partial charge in [-0.05, 0) is 86.8 Å². The second-order valence-electron chi connectivity index (χ2n) is 11.2. The molecule has 34 heavy (non-hydrogen) atoms. The Balaban J connectivity index is 1.50. The number of amides is 2. The number of nitrogens with zero attached hydrogens (tertiary/aromatic N) is 3. The molecule has 7 nitrogen and oxygen atoms in total. The van der Waals surface area contributed by atoms with Gasteiger partial charge in [0.2, 0.25) is 0 Å². The van der Waals surface area contributed by atoms with Crippen molar-refractivity contribution in [2.75, 3.05) is 11.5 Å². The van der Waals surface area contributed by atoms with Crippen molar-refractivity contribution in [1.29, 1.82) is 0 Å². The van der Waals surface area contributed by atoms with Crippen molar-refractivity contribution >= 4 is 23.5 Å². The van der Waals surface area contributed by atoms with E-state index in [0.717, 1.165) is 31.2 Å². The van der Waals surface area contributed by atoms with Crippen LogP contribution in [0.3, 0.4) is 0 Å². The summed E-state index contributed by atoms with van der Waals surface area (Å²) < 4.78 is 7.06. The van der Waals surface area contributed by atoms with Gasteiger partial charge in [0.05, 0.1) is 17.8 Å². The van der Waals surface area contributed by atoms with E-state index in [9.17, 15) is 14.4 Å². The van der Waals surface area contributed by atoms with Crippen molar-refractivity contribution in [1.82, 2.24) is 9.78 Å². The Morgan fingerprint density at radius 2 is 1.74 bits per heavy atom. The Hall–Kier alpha value is -2.96. The van der Waals surface area contributed by atoms with E-state index in [2.05, 4.69) is 13.8 Å². The maximum absolute atomic E-state index is 13.8. The number of esters is 1. The summed E-state index contributed by atoms with van der Waals surface area (Å²) in [5, 5.41) is 4.70. The summed E-state index contributed by atoms with van der Waals surface area (Å²) in [4.78, 5) is 41.6. The average Bonchev–Trinajstić information content (AvgIpc) is 3.30. The van der Waals surface area contributed by atoms with Gasteiger partial charge >= 0.3 is 5.97 Å². The van der Waals surface area contributed by atoms with Crippen LogP contribution in [-0.4, -0.2) is 34.2 Å². The molecule has 4 aliphatic carbocycles. The summed E-state index contributed by atoms with van der Waals surface area (Å²) in [7, 11) is 0.